The zero-order valence-electron chi connectivity index (χ0n) is 12.4. The van der Waals surface area contributed by atoms with Gasteiger partial charge in [-0.15, -0.1) is 10.2 Å². The average molecular weight is 317 g/mol. The first kappa shape index (κ1) is 14.6. The van der Waals surface area contributed by atoms with Crippen molar-refractivity contribution in [3.05, 3.63) is 46.9 Å². The molecule has 2 aromatic heterocycles. The molecule has 0 atom stereocenters. The molecule has 0 aliphatic rings. The van der Waals surface area contributed by atoms with Crippen LogP contribution in [0, 0.1) is 0 Å². The van der Waals surface area contributed by atoms with Crippen LogP contribution >= 0.6 is 11.6 Å². The van der Waals surface area contributed by atoms with Crippen molar-refractivity contribution in [2.45, 2.75) is 26.3 Å². The molecule has 2 heterocycles. The molecule has 22 heavy (non-hydrogen) atoms. The summed E-state index contributed by atoms with van der Waals surface area (Å²) in [5, 5.41) is 16.4. The molecule has 6 nitrogen and oxygen atoms in total. The molecule has 3 rings (SSSR count). The molecule has 1 aromatic carbocycles. The van der Waals surface area contributed by atoms with E-state index in [1.54, 1.807) is 10.6 Å². The zero-order valence-corrected chi connectivity index (χ0v) is 13.2. The number of nitrogens with two attached hydrogens (primary N) is 1. The van der Waals surface area contributed by atoms with Gasteiger partial charge >= 0.3 is 0 Å². The lowest BCUT2D eigenvalue weighted by molar-refractivity contribution is 0.721. The van der Waals surface area contributed by atoms with Crippen molar-refractivity contribution in [3.8, 4) is 0 Å². The highest BCUT2D eigenvalue weighted by atomic mass is 35.5. The number of nitrogens with one attached hydrogen (secondary N) is 1. The number of hydrogen-bond donors (Lipinski definition) is 2. The molecule has 7 heteroatoms. The molecule has 114 valence electrons. The molecule has 0 spiro atoms. The number of aromatic nitrogens is 4. The van der Waals surface area contributed by atoms with E-state index in [2.05, 4.69) is 20.6 Å². The van der Waals surface area contributed by atoms with Crippen molar-refractivity contribution in [1.82, 2.24) is 19.8 Å². The summed E-state index contributed by atoms with van der Waals surface area (Å²) in [4.78, 5) is 0. The van der Waals surface area contributed by atoms with Crippen LogP contribution in [0.4, 0.5) is 11.4 Å². The minimum absolute atomic E-state index is 0.207. The number of fused-ring (bicyclic) bond motifs is 1. The second-order valence-electron chi connectivity index (χ2n) is 5.38. The molecule has 0 fully saturated rings. The molecule has 0 saturated heterocycles. The Morgan fingerprint density at radius 1 is 1.27 bits per heavy atom. The van der Waals surface area contributed by atoms with Crippen LogP contribution in [0.2, 0.25) is 5.15 Å². The number of benzene rings is 1. The monoisotopic (exact) mass is 316 g/mol. The molecular weight excluding hydrogens is 300 g/mol. The van der Waals surface area contributed by atoms with E-state index in [1.807, 2.05) is 38.1 Å². The Hall–Kier alpha value is -2.34. The fourth-order valence-electron chi connectivity index (χ4n) is 2.24. The molecule has 0 aliphatic heterocycles. The van der Waals surface area contributed by atoms with Crippen molar-refractivity contribution < 1.29 is 0 Å². The number of rotatable bonds is 4. The highest BCUT2D eigenvalue weighted by Crippen LogP contribution is 2.23. The summed E-state index contributed by atoms with van der Waals surface area (Å²) in [5.74, 6) is 0.985. The minimum Gasteiger partial charge on any atom is -0.398 e. The average Bonchev–Trinajstić information content (AvgIpc) is 2.90. The van der Waals surface area contributed by atoms with Gasteiger partial charge in [-0.2, -0.15) is 9.61 Å². The molecule has 3 aromatic rings. The van der Waals surface area contributed by atoms with E-state index in [4.69, 9.17) is 17.3 Å². The third kappa shape index (κ3) is 2.69. The van der Waals surface area contributed by atoms with Gasteiger partial charge in [0.1, 0.15) is 0 Å². The third-order valence-electron chi connectivity index (χ3n) is 3.41. The third-order valence-corrected chi connectivity index (χ3v) is 3.59. The number of para-hydroxylation sites is 1. The topological polar surface area (TPSA) is 81.1 Å². The summed E-state index contributed by atoms with van der Waals surface area (Å²) in [6.45, 7) is 4.65. The number of nitrogen functional groups attached to an aromatic ring is 1. The summed E-state index contributed by atoms with van der Waals surface area (Å²) in [6, 6.07) is 9.46. The maximum atomic E-state index is 6.12. The summed E-state index contributed by atoms with van der Waals surface area (Å²) in [7, 11) is 0. The lowest BCUT2D eigenvalue weighted by Crippen LogP contribution is -2.07. The van der Waals surface area contributed by atoms with Crippen LogP contribution in [0.5, 0.6) is 0 Å². The number of anilines is 2. The lowest BCUT2D eigenvalue weighted by atomic mass is 10.2. The molecule has 0 unspecified atom stereocenters. The van der Waals surface area contributed by atoms with Crippen molar-refractivity contribution in [2.24, 2.45) is 0 Å². The molecule has 0 saturated carbocycles. The molecule has 0 radical (unpaired) electrons. The van der Waals surface area contributed by atoms with E-state index in [0.717, 1.165) is 22.8 Å². The Morgan fingerprint density at radius 3 is 2.77 bits per heavy atom. The Balaban J connectivity index is 1.95. The van der Waals surface area contributed by atoms with Gasteiger partial charge in [0, 0.05) is 24.2 Å². The van der Waals surface area contributed by atoms with Gasteiger partial charge in [-0.05, 0) is 11.6 Å². The maximum absolute atomic E-state index is 6.12. The van der Waals surface area contributed by atoms with Crippen molar-refractivity contribution >= 4 is 28.6 Å². The van der Waals surface area contributed by atoms with Crippen molar-refractivity contribution in [2.75, 3.05) is 11.1 Å². The van der Waals surface area contributed by atoms with E-state index in [1.165, 1.54) is 0 Å². The first-order chi connectivity index (χ1) is 10.6. The van der Waals surface area contributed by atoms with E-state index in [9.17, 15) is 0 Å². The van der Waals surface area contributed by atoms with Gasteiger partial charge in [0.05, 0.1) is 5.69 Å². The van der Waals surface area contributed by atoms with Crippen molar-refractivity contribution in [1.29, 1.82) is 0 Å². The summed E-state index contributed by atoms with van der Waals surface area (Å²) in [5.41, 5.74) is 9.15. The largest absolute Gasteiger partial charge is 0.398 e. The van der Waals surface area contributed by atoms with Gasteiger partial charge < -0.3 is 11.1 Å². The first-order valence-corrected chi connectivity index (χ1v) is 7.43. The van der Waals surface area contributed by atoms with Gasteiger partial charge in [0.25, 0.3) is 0 Å². The van der Waals surface area contributed by atoms with Crippen LogP contribution in [-0.4, -0.2) is 19.8 Å². The van der Waals surface area contributed by atoms with Crippen LogP contribution in [-0.2, 0) is 6.54 Å². The smallest absolute Gasteiger partial charge is 0.201 e. The van der Waals surface area contributed by atoms with Gasteiger partial charge in [-0.3, -0.25) is 0 Å². The standard InChI is InChI=1S/C15H17ClN6/c1-9(2)14-19-20-15-12(7-13(16)21-22(14)15)18-8-10-5-3-4-6-11(10)17/h3-7,9,18H,8,17H2,1-2H3. The van der Waals surface area contributed by atoms with Gasteiger partial charge in [-0.1, -0.05) is 43.6 Å². The van der Waals surface area contributed by atoms with E-state index in [0.29, 0.717) is 17.3 Å². The second-order valence-corrected chi connectivity index (χ2v) is 5.77. The maximum Gasteiger partial charge on any atom is 0.201 e. The number of nitrogens with zero attached hydrogens (tertiary/aromatic N) is 4. The fraction of sp³-hybridized carbons (Fsp3) is 0.267. The van der Waals surface area contributed by atoms with Crippen LogP contribution in [0.1, 0.15) is 31.2 Å². The van der Waals surface area contributed by atoms with Crippen LogP contribution < -0.4 is 11.1 Å². The Labute approximate surface area is 133 Å². The summed E-state index contributed by atoms with van der Waals surface area (Å²) >= 11 is 6.12. The summed E-state index contributed by atoms with van der Waals surface area (Å²) < 4.78 is 1.68. The van der Waals surface area contributed by atoms with E-state index in [-0.39, 0.29) is 5.92 Å². The molecule has 0 aliphatic carbocycles. The highest BCUT2D eigenvalue weighted by Gasteiger charge is 2.14. The first-order valence-electron chi connectivity index (χ1n) is 7.05. The predicted molar refractivity (Wildman–Crippen MR) is 88.1 cm³/mol. The van der Waals surface area contributed by atoms with Crippen LogP contribution in [0.3, 0.4) is 0 Å². The second kappa shape index (κ2) is 5.81. The van der Waals surface area contributed by atoms with Gasteiger partial charge in [0.15, 0.2) is 11.0 Å². The Morgan fingerprint density at radius 2 is 2.05 bits per heavy atom. The van der Waals surface area contributed by atoms with Gasteiger partial charge in [0.2, 0.25) is 5.65 Å². The molecular formula is C15H17ClN6. The van der Waals surface area contributed by atoms with E-state index >= 15 is 0 Å². The quantitative estimate of drug-likeness (QED) is 0.723. The molecule has 3 N–H and O–H groups in total. The Bertz CT molecular complexity index is 811. The highest BCUT2D eigenvalue weighted by molar-refractivity contribution is 6.29. The number of hydrogen-bond acceptors (Lipinski definition) is 5. The zero-order chi connectivity index (χ0) is 15.7. The normalized spacial score (nSPS) is 11.3. The number of halogens is 1. The fourth-order valence-corrected chi connectivity index (χ4v) is 2.43. The summed E-state index contributed by atoms with van der Waals surface area (Å²) in [6.07, 6.45) is 0. The molecule has 0 amide bonds. The SMILES string of the molecule is CC(C)c1nnc2c(NCc3ccccc3N)cc(Cl)nn12. The minimum atomic E-state index is 0.207. The van der Waals surface area contributed by atoms with E-state index < -0.39 is 0 Å². The Kier molecular flexibility index (Phi) is 3.85. The van der Waals surface area contributed by atoms with Crippen LogP contribution in [0.15, 0.2) is 30.3 Å². The van der Waals surface area contributed by atoms with Gasteiger partial charge in [-0.25, -0.2) is 0 Å². The van der Waals surface area contributed by atoms with Crippen LogP contribution in [0.25, 0.3) is 5.65 Å². The molecule has 0 bridgehead atoms. The predicted octanol–water partition coefficient (Wildman–Crippen LogP) is 3.10. The lowest BCUT2D eigenvalue weighted by Gasteiger charge is -2.10. The van der Waals surface area contributed by atoms with Crippen molar-refractivity contribution in [3.63, 3.8) is 0 Å².